The molecule has 3 aromatic rings. The molecule has 0 spiro atoms. The molecule has 0 N–H and O–H groups in total. The molecule has 154 valence electrons. The van der Waals surface area contributed by atoms with Crippen LogP contribution in [-0.2, 0) is 12.8 Å². The third kappa shape index (κ3) is 6.34. The SMILES string of the molecule is COc1cc(CCCC(=O)c2ccccc2)nc(CCCC(=O)c2ccccc2)n1. The zero-order valence-electron chi connectivity index (χ0n) is 17.2. The summed E-state index contributed by atoms with van der Waals surface area (Å²) in [7, 11) is 1.58. The fraction of sp³-hybridized carbons (Fsp3) is 0.280. The molecule has 0 radical (unpaired) electrons. The monoisotopic (exact) mass is 402 g/mol. The van der Waals surface area contributed by atoms with E-state index in [1.54, 1.807) is 7.11 Å². The average molecular weight is 402 g/mol. The van der Waals surface area contributed by atoms with Crippen molar-refractivity contribution in [2.75, 3.05) is 7.11 Å². The largest absolute Gasteiger partial charge is 0.481 e. The van der Waals surface area contributed by atoms with Crippen LogP contribution < -0.4 is 4.74 Å². The molecule has 0 fully saturated rings. The van der Waals surface area contributed by atoms with Crippen molar-refractivity contribution in [1.82, 2.24) is 9.97 Å². The van der Waals surface area contributed by atoms with Gasteiger partial charge in [0.25, 0.3) is 0 Å². The van der Waals surface area contributed by atoms with Crippen LogP contribution in [0.3, 0.4) is 0 Å². The Hall–Kier alpha value is -3.34. The first-order valence-electron chi connectivity index (χ1n) is 10.2. The number of aryl methyl sites for hydroxylation is 2. The maximum Gasteiger partial charge on any atom is 0.216 e. The van der Waals surface area contributed by atoms with Crippen LogP contribution in [0.15, 0.2) is 66.7 Å². The number of carbonyl (C=O) groups is 2. The number of Topliss-reactive ketones (excluding diaryl/α,β-unsaturated/α-hetero) is 2. The minimum atomic E-state index is 0.123. The van der Waals surface area contributed by atoms with Crippen molar-refractivity contribution in [3.8, 4) is 5.88 Å². The van der Waals surface area contributed by atoms with Gasteiger partial charge in [0.2, 0.25) is 5.88 Å². The number of hydrogen-bond donors (Lipinski definition) is 0. The summed E-state index contributed by atoms with van der Waals surface area (Å²) >= 11 is 0. The fourth-order valence-corrected chi connectivity index (χ4v) is 3.24. The van der Waals surface area contributed by atoms with Crippen LogP contribution in [0.25, 0.3) is 0 Å². The van der Waals surface area contributed by atoms with E-state index in [2.05, 4.69) is 9.97 Å². The number of methoxy groups -OCH3 is 1. The van der Waals surface area contributed by atoms with E-state index in [1.165, 1.54) is 0 Å². The Bertz CT molecular complexity index is 896. The van der Waals surface area contributed by atoms with Gasteiger partial charge in [0.1, 0.15) is 5.82 Å². The van der Waals surface area contributed by atoms with Crippen molar-refractivity contribution in [3.63, 3.8) is 0 Å². The van der Waals surface area contributed by atoms with Crippen molar-refractivity contribution in [1.29, 1.82) is 0 Å². The topological polar surface area (TPSA) is 69.2 Å². The van der Waals surface area contributed by atoms with Gasteiger partial charge in [0.05, 0.1) is 7.11 Å². The van der Waals surface area contributed by atoms with Gasteiger partial charge in [-0.1, -0.05) is 60.7 Å². The molecule has 0 aliphatic rings. The Kier molecular flexibility index (Phi) is 7.84. The standard InChI is InChI=1S/C25H26N2O3/c1-30-25-18-21(14-8-15-22(28)19-10-4-2-5-11-19)26-24(27-25)17-9-16-23(29)20-12-6-3-7-13-20/h2-7,10-13,18H,8-9,14-17H2,1H3. The van der Waals surface area contributed by atoms with Crippen LogP contribution in [0.5, 0.6) is 5.88 Å². The van der Waals surface area contributed by atoms with Gasteiger partial charge in [-0.05, 0) is 19.3 Å². The highest BCUT2D eigenvalue weighted by Crippen LogP contribution is 2.15. The molecule has 1 heterocycles. The summed E-state index contributed by atoms with van der Waals surface area (Å²) in [6.07, 6.45) is 3.58. The van der Waals surface area contributed by atoms with Crippen LogP contribution in [0.2, 0.25) is 0 Å². The van der Waals surface area contributed by atoms with E-state index < -0.39 is 0 Å². The lowest BCUT2D eigenvalue weighted by Gasteiger charge is -2.08. The van der Waals surface area contributed by atoms with Crippen molar-refractivity contribution >= 4 is 11.6 Å². The summed E-state index contributed by atoms with van der Waals surface area (Å²) in [6, 6.07) is 20.4. The molecule has 0 atom stereocenters. The smallest absolute Gasteiger partial charge is 0.216 e. The molecule has 1 aromatic heterocycles. The molecule has 30 heavy (non-hydrogen) atoms. The lowest BCUT2D eigenvalue weighted by Crippen LogP contribution is -2.05. The maximum atomic E-state index is 12.3. The van der Waals surface area contributed by atoms with Crippen LogP contribution >= 0.6 is 0 Å². The summed E-state index contributed by atoms with van der Waals surface area (Å²) in [6.45, 7) is 0. The number of ketones is 2. The molecule has 0 bridgehead atoms. The average Bonchev–Trinajstić information content (AvgIpc) is 2.80. The molecule has 0 aliphatic heterocycles. The lowest BCUT2D eigenvalue weighted by molar-refractivity contribution is 0.0972. The molecular weight excluding hydrogens is 376 g/mol. The van der Waals surface area contributed by atoms with E-state index >= 15 is 0 Å². The van der Waals surface area contributed by atoms with Crippen LogP contribution in [0, 0.1) is 0 Å². The van der Waals surface area contributed by atoms with Gasteiger partial charge in [0.15, 0.2) is 11.6 Å². The van der Waals surface area contributed by atoms with Crippen molar-refractivity contribution < 1.29 is 14.3 Å². The molecule has 0 aliphatic carbocycles. The second-order valence-corrected chi connectivity index (χ2v) is 7.10. The molecule has 5 heteroatoms. The fourth-order valence-electron chi connectivity index (χ4n) is 3.24. The van der Waals surface area contributed by atoms with Gasteiger partial charge < -0.3 is 4.74 Å². The Morgan fingerprint density at radius 3 is 1.83 bits per heavy atom. The molecule has 5 nitrogen and oxygen atoms in total. The Morgan fingerprint density at radius 2 is 1.30 bits per heavy atom. The van der Waals surface area contributed by atoms with E-state index in [1.807, 2.05) is 66.7 Å². The predicted molar refractivity (Wildman–Crippen MR) is 116 cm³/mol. The Labute approximate surface area is 177 Å². The summed E-state index contributed by atoms with van der Waals surface area (Å²) in [5.41, 5.74) is 2.32. The molecular formula is C25H26N2O3. The number of ether oxygens (including phenoxy) is 1. The number of carbonyl (C=O) groups excluding carboxylic acids is 2. The van der Waals surface area contributed by atoms with E-state index in [0.717, 1.165) is 16.8 Å². The second-order valence-electron chi connectivity index (χ2n) is 7.10. The van der Waals surface area contributed by atoms with Crippen LogP contribution in [-0.4, -0.2) is 28.6 Å². The molecule has 0 saturated carbocycles. The zero-order valence-corrected chi connectivity index (χ0v) is 17.2. The summed E-state index contributed by atoms with van der Waals surface area (Å²) in [5, 5.41) is 0. The first-order chi connectivity index (χ1) is 14.7. The van der Waals surface area contributed by atoms with Crippen LogP contribution in [0.1, 0.15) is 57.9 Å². The van der Waals surface area contributed by atoms with E-state index in [9.17, 15) is 9.59 Å². The highest BCUT2D eigenvalue weighted by molar-refractivity contribution is 5.96. The molecule has 0 saturated heterocycles. The molecule has 3 rings (SSSR count). The summed E-state index contributed by atoms with van der Waals surface area (Å²) in [4.78, 5) is 33.5. The minimum absolute atomic E-state index is 0.123. The third-order valence-corrected chi connectivity index (χ3v) is 4.84. The van der Waals surface area contributed by atoms with Crippen LogP contribution in [0.4, 0.5) is 0 Å². The van der Waals surface area contributed by atoms with Crippen molar-refractivity contribution in [2.45, 2.75) is 38.5 Å². The summed E-state index contributed by atoms with van der Waals surface area (Å²) in [5.74, 6) is 1.44. The minimum Gasteiger partial charge on any atom is -0.481 e. The Balaban J connectivity index is 1.53. The Morgan fingerprint density at radius 1 is 0.767 bits per heavy atom. The van der Waals surface area contributed by atoms with Gasteiger partial charge in [-0.3, -0.25) is 9.59 Å². The van der Waals surface area contributed by atoms with Crippen molar-refractivity contribution in [3.05, 3.63) is 89.4 Å². The number of hydrogen-bond acceptors (Lipinski definition) is 5. The second kappa shape index (κ2) is 11.0. The van der Waals surface area contributed by atoms with E-state index in [4.69, 9.17) is 4.74 Å². The maximum absolute atomic E-state index is 12.3. The van der Waals surface area contributed by atoms with E-state index in [-0.39, 0.29) is 11.6 Å². The summed E-state index contributed by atoms with van der Waals surface area (Å²) < 4.78 is 5.30. The molecule has 0 unspecified atom stereocenters. The lowest BCUT2D eigenvalue weighted by atomic mass is 10.0. The number of nitrogens with zero attached hydrogens (tertiary/aromatic N) is 2. The highest BCUT2D eigenvalue weighted by atomic mass is 16.5. The normalized spacial score (nSPS) is 10.6. The quantitative estimate of drug-likeness (QED) is 0.427. The number of rotatable bonds is 11. The van der Waals surface area contributed by atoms with Gasteiger partial charge in [-0.15, -0.1) is 0 Å². The van der Waals surface area contributed by atoms with Gasteiger partial charge in [0, 0.05) is 42.1 Å². The predicted octanol–water partition coefficient (Wildman–Crippen LogP) is 4.90. The highest BCUT2D eigenvalue weighted by Gasteiger charge is 2.10. The number of benzene rings is 2. The first kappa shape index (κ1) is 21.4. The van der Waals surface area contributed by atoms with Crippen molar-refractivity contribution in [2.24, 2.45) is 0 Å². The zero-order chi connectivity index (χ0) is 21.2. The van der Waals surface area contributed by atoms with Gasteiger partial charge in [-0.25, -0.2) is 4.98 Å². The molecule has 2 aromatic carbocycles. The first-order valence-corrected chi connectivity index (χ1v) is 10.2. The van der Waals surface area contributed by atoms with E-state index in [0.29, 0.717) is 50.2 Å². The van der Waals surface area contributed by atoms with Gasteiger partial charge in [-0.2, -0.15) is 4.98 Å². The third-order valence-electron chi connectivity index (χ3n) is 4.84. The number of aromatic nitrogens is 2. The molecule has 0 amide bonds. The van der Waals surface area contributed by atoms with Gasteiger partial charge >= 0.3 is 0 Å².